The first-order chi connectivity index (χ1) is 15.3. The van der Waals surface area contributed by atoms with Crippen LogP contribution in [0, 0.1) is 0 Å². The molecule has 0 radical (unpaired) electrons. The fourth-order valence-electron chi connectivity index (χ4n) is 4.87. The maximum absolute atomic E-state index is 2.56. The van der Waals surface area contributed by atoms with Crippen molar-refractivity contribution in [3.05, 3.63) is 12.4 Å². The molecule has 0 saturated carbocycles. The van der Waals surface area contributed by atoms with E-state index in [1.165, 1.54) is 148 Å². The molecule has 0 aliphatic carbocycles. The molecule has 0 aromatic rings. The second kappa shape index (κ2) is 21.2. The fourth-order valence-corrected chi connectivity index (χ4v) is 4.87. The van der Waals surface area contributed by atoms with Gasteiger partial charge in [0.15, 0.2) is 0 Å². The molecule has 0 N–H and O–H groups in total. The predicted molar refractivity (Wildman–Crippen MR) is 140 cm³/mol. The summed E-state index contributed by atoms with van der Waals surface area (Å²) in [6, 6.07) is 0. The highest BCUT2D eigenvalue weighted by molar-refractivity contribution is 4.95. The molecular formula is C29H58N2. The summed E-state index contributed by atoms with van der Waals surface area (Å²) in [5.41, 5.74) is 0. The van der Waals surface area contributed by atoms with E-state index >= 15 is 0 Å². The van der Waals surface area contributed by atoms with Gasteiger partial charge in [-0.25, -0.2) is 0 Å². The monoisotopic (exact) mass is 434 g/mol. The van der Waals surface area contributed by atoms with Gasteiger partial charge in [-0.3, -0.25) is 0 Å². The minimum absolute atomic E-state index is 0.571. The van der Waals surface area contributed by atoms with Crippen LogP contribution in [-0.4, -0.2) is 29.1 Å². The van der Waals surface area contributed by atoms with E-state index in [0.717, 1.165) is 0 Å². The van der Waals surface area contributed by atoms with Gasteiger partial charge in [0.2, 0.25) is 0 Å². The summed E-state index contributed by atoms with van der Waals surface area (Å²) in [7, 11) is 0. The zero-order valence-electron chi connectivity index (χ0n) is 21.9. The lowest BCUT2D eigenvalue weighted by Crippen LogP contribution is -2.36. The van der Waals surface area contributed by atoms with Crippen LogP contribution in [0.25, 0.3) is 0 Å². The van der Waals surface area contributed by atoms with Crippen molar-refractivity contribution in [3.8, 4) is 0 Å². The van der Waals surface area contributed by atoms with E-state index in [9.17, 15) is 0 Å². The molecule has 31 heavy (non-hydrogen) atoms. The van der Waals surface area contributed by atoms with Crippen LogP contribution in [0.3, 0.4) is 0 Å². The van der Waals surface area contributed by atoms with Gasteiger partial charge in [-0.1, -0.05) is 136 Å². The van der Waals surface area contributed by atoms with Gasteiger partial charge in [0.05, 0.1) is 6.17 Å². The standard InChI is InChI=1S/C29H58N2/c1-4-6-8-10-12-14-15-16-18-20-22-24-26-31-28-27-30(29(31)3)25-23-21-19-17-13-11-9-7-5-2/h27-29H,4-26H2,1-3H3. The van der Waals surface area contributed by atoms with Crippen LogP contribution in [0.2, 0.25) is 0 Å². The van der Waals surface area contributed by atoms with Crippen LogP contribution >= 0.6 is 0 Å². The van der Waals surface area contributed by atoms with Crippen molar-refractivity contribution in [2.24, 2.45) is 0 Å². The normalized spacial score (nSPS) is 16.0. The Bertz CT molecular complexity index is 392. The van der Waals surface area contributed by atoms with Crippen LogP contribution < -0.4 is 0 Å². The third-order valence-corrected chi connectivity index (χ3v) is 7.20. The van der Waals surface area contributed by atoms with Crippen LogP contribution in [-0.2, 0) is 0 Å². The quantitative estimate of drug-likeness (QED) is 0.148. The van der Waals surface area contributed by atoms with E-state index < -0.39 is 0 Å². The Kier molecular flexibility index (Phi) is 19.4. The Morgan fingerprint density at radius 2 is 0.677 bits per heavy atom. The molecule has 0 spiro atoms. The average molecular weight is 435 g/mol. The van der Waals surface area contributed by atoms with Crippen LogP contribution in [0.5, 0.6) is 0 Å². The third kappa shape index (κ3) is 15.7. The van der Waals surface area contributed by atoms with Gasteiger partial charge < -0.3 is 9.80 Å². The van der Waals surface area contributed by atoms with Crippen LogP contribution in [0.4, 0.5) is 0 Å². The van der Waals surface area contributed by atoms with E-state index in [1.807, 2.05) is 0 Å². The number of rotatable bonds is 23. The number of unbranched alkanes of at least 4 members (excludes halogenated alkanes) is 19. The second-order valence-corrected chi connectivity index (χ2v) is 10.1. The molecule has 0 aromatic carbocycles. The highest BCUT2D eigenvalue weighted by Crippen LogP contribution is 2.19. The smallest absolute Gasteiger partial charge is 0.0977 e. The van der Waals surface area contributed by atoms with Gasteiger partial charge in [-0.2, -0.15) is 0 Å². The molecular weight excluding hydrogens is 376 g/mol. The summed E-state index contributed by atoms with van der Waals surface area (Å²) >= 11 is 0. The van der Waals surface area contributed by atoms with E-state index in [1.54, 1.807) is 0 Å². The topological polar surface area (TPSA) is 6.48 Å². The lowest BCUT2D eigenvalue weighted by molar-refractivity contribution is 0.165. The Labute approximate surface area is 197 Å². The summed E-state index contributed by atoms with van der Waals surface area (Å²) in [4.78, 5) is 5.12. The van der Waals surface area contributed by atoms with E-state index in [0.29, 0.717) is 6.17 Å². The van der Waals surface area contributed by atoms with E-state index in [4.69, 9.17) is 0 Å². The lowest BCUT2D eigenvalue weighted by Gasteiger charge is -2.30. The first-order valence-electron chi connectivity index (χ1n) is 14.5. The molecule has 2 heteroatoms. The Morgan fingerprint density at radius 3 is 0.968 bits per heavy atom. The lowest BCUT2D eigenvalue weighted by atomic mass is 10.1. The van der Waals surface area contributed by atoms with Crippen molar-refractivity contribution in [3.63, 3.8) is 0 Å². The Balaban J connectivity index is 1.88. The Hall–Kier alpha value is -0.660. The minimum atomic E-state index is 0.571. The molecule has 1 aliphatic rings. The van der Waals surface area contributed by atoms with Crippen molar-refractivity contribution >= 4 is 0 Å². The van der Waals surface area contributed by atoms with Gasteiger partial charge in [-0.15, -0.1) is 0 Å². The summed E-state index contributed by atoms with van der Waals surface area (Å²) < 4.78 is 0. The SMILES string of the molecule is CCCCCCCCCCCCCCN1C=CN(CCCCCCCCCCC)C1C. The molecule has 1 atom stereocenters. The zero-order valence-corrected chi connectivity index (χ0v) is 21.9. The van der Waals surface area contributed by atoms with E-state index in [-0.39, 0.29) is 0 Å². The Morgan fingerprint density at radius 1 is 0.419 bits per heavy atom. The summed E-state index contributed by atoms with van der Waals surface area (Å²) in [5.74, 6) is 0. The molecule has 0 fully saturated rings. The van der Waals surface area contributed by atoms with Crippen molar-refractivity contribution < 1.29 is 0 Å². The molecule has 1 aliphatic heterocycles. The highest BCUT2D eigenvalue weighted by atomic mass is 15.4. The molecule has 0 aromatic heterocycles. The first-order valence-corrected chi connectivity index (χ1v) is 14.5. The largest absolute Gasteiger partial charge is 0.356 e. The van der Waals surface area contributed by atoms with Gasteiger partial charge in [0.25, 0.3) is 0 Å². The summed E-state index contributed by atoms with van der Waals surface area (Å²) in [5, 5.41) is 0. The second-order valence-electron chi connectivity index (χ2n) is 10.1. The maximum Gasteiger partial charge on any atom is 0.0977 e. The predicted octanol–water partition coefficient (Wildman–Crippen LogP) is 9.65. The summed E-state index contributed by atoms with van der Waals surface area (Å²) in [6.45, 7) is 9.46. The number of nitrogens with zero attached hydrogens (tertiary/aromatic N) is 2. The van der Waals surface area contributed by atoms with E-state index in [2.05, 4.69) is 43.0 Å². The molecule has 1 heterocycles. The highest BCUT2D eigenvalue weighted by Gasteiger charge is 2.20. The van der Waals surface area contributed by atoms with Crippen molar-refractivity contribution in [1.29, 1.82) is 0 Å². The molecule has 2 nitrogen and oxygen atoms in total. The molecule has 1 rings (SSSR count). The molecule has 0 amide bonds. The van der Waals surface area contributed by atoms with Crippen LogP contribution in [0.1, 0.15) is 156 Å². The molecule has 184 valence electrons. The van der Waals surface area contributed by atoms with Gasteiger partial charge >= 0.3 is 0 Å². The van der Waals surface area contributed by atoms with Crippen molar-refractivity contribution in [1.82, 2.24) is 9.80 Å². The minimum Gasteiger partial charge on any atom is -0.356 e. The van der Waals surface area contributed by atoms with Crippen molar-refractivity contribution in [2.75, 3.05) is 13.1 Å². The molecule has 0 saturated heterocycles. The third-order valence-electron chi connectivity index (χ3n) is 7.20. The van der Waals surface area contributed by atoms with Gasteiger partial charge in [-0.05, 0) is 19.8 Å². The molecule has 1 unspecified atom stereocenters. The van der Waals surface area contributed by atoms with Gasteiger partial charge in [0, 0.05) is 25.5 Å². The van der Waals surface area contributed by atoms with Gasteiger partial charge in [0.1, 0.15) is 0 Å². The molecule has 0 bridgehead atoms. The fraction of sp³-hybridized carbons (Fsp3) is 0.931. The average Bonchev–Trinajstić information content (AvgIpc) is 3.12. The zero-order chi connectivity index (χ0) is 22.4. The number of hydrogen-bond acceptors (Lipinski definition) is 2. The van der Waals surface area contributed by atoms with Crippen LogP contribution in [0.15, 0.2) is 12.4 Å². The number of hydrogen-bond donors (Lipinski definition) is 0. The van der Waals surface area contributed by atoms with Crippen molar-refractivity contribution in [2.45, 2.75) is 162 Å². The first kappa shape index (κ1) is 28.4. The summed E-state index contributed by atoms with van der Waals surface area (Å²) in [6.07, 6.45) is 35.3. The maximum atomic E-state index is 2.56.